The number of hydrogen-bond donors (Lipinski definition) is 1. The largest absolute Gasteiger partial charge is 0.352 e. The summed E-state index contributed by atoms with van der Waals surface area (Å²) >= 11 is 6.00. The van der Waals surface area contributed by atoms with Crippen LogP contribution in [0, 0.1) is 6.92 Å². The number of benzene rings is 2. The van der Waals surface area contributed by atoms with E-state index in [0.29, 0.717) is 18.0 Å². The molecular weight excluding hydrogens is 384 g/mol. The molecule has 0 aliphatic carbocycles. The van der Waals surface area contributed by atoms with E-state index < -0.39 is 6.04 Å². The number of hydrogen-bond acceptors (Lipinski definition) is 2. The van der Waals surface area contributed by atoms with Gasteiger partial charge in [0, 0.05) is 17.6 Å². The van der Waals surface area contributed by atoms with Crippen molar-refractivity contribution in [2.24, 2.45) is 0 Å². The van der Waals surface area contributed by atoms with Gasteiger partial charge in [-0.15, -0.1) is 0 Å². The van der Waals surface area contributed by atoms with E-state index >= 15 is 0 Å². The summed E-state index contributed by atoms with van der Waals surface area (Å²) in [6, 6.07) is 14.9. The number of amides is 2. The normalized spacial score (nSPS) is 12.9. The predicted molar refractivity (Wildman–Crippen MR) is 119 cm³/mol. The maximum Gasteiger partial charge on any atom is 0.243 e. The SMILES string of the molecule is CC[C@@H](C)NC(=O)[C@@H](CC)N(Cc1ccc(Cl)cc1)C(=O)Cc1ccc(C)cc1. The number of carbonyl (C=O) groups excluding carboxylic acids is 2. The fourth-order valence-electron chi connectivity index (χ4n) is 3.13. The van der Waals surface area contributed by atoms with Crippen molar-refractivity contribution < 1.29 is 9.59 Å². The zero-order valence-corrected chi connectivity index (χ0v) is 18.5. The van der Waals surface area contributed by atoms with E-state index in [4.69, 9.17) is 11.6 Å². The first-order valence-electron chi connectivity index (χ1n) is 10.2. The van der Waals surface area contributed by atoms with Crippen molar-refractivity contribution in [2.45, 2.75) is 65.6 Å². The van der Waals surface area contributed by atoms with E-state index in [-0.39, 0.29) is 24.3 Å². The number of nitrogens with one attached hydrogen (secondary N) is 1. The Morgan fingerprint density at radius 3 is 2.10 bits per heavy atom. The molecule has 1 N–H and O–H groups in total. The molecular formula is C24H31ClN2O2. The molecule has 0 radical (unpaired) electrons. The molecule has 5 heteroatoms. The van der Waals surface area contributed by atoms with E-state index in [1.54, 1.807) is 17.0 Å². The van der Waals surface area contributed by atoms with Crippen molar-refractivity contribution in [2.75, 3.05) is 0 Å². The molecule has 0 fully saturated rings. The Balaban J connectivity index is 2.26. The van der Waals surface area contributed by atoms with Gasteiger partial charge in [-0.1, -0.05) is 67.4 Å². The molecule has 0 aliphatic rings. The van der Waals surface area contributed by atoms with Gasteiger partial charge >= 0.3 is 0 Å². The second-order valence-electron chi connectivity index (χ2n) is 7.55. The van der Waals surface area contributed by atoms with Gasteiger partial charge < -0.3 is 10.2 Å². The Labute approximate surface area is 179 Å². The Bertz CT molecular complexity index is 803. The summed E-state index contributed by atoms with van der Waals surface area (Å²) < 4.78 is 0. The summed E-state index contributed by atoms with van der Waals surface area (Å²) in [7, 11) is 0. The lowest BCUT2D eigenvalue weighted by Gasteiger charge is -2.31. The lowest BCUT2D eigenvalue weighted by Crippen LogP contribution is -2.51. The highest BCUT2D eigenvalue weighted by molar-refractivity contribution is 6.30. The molecule has 2 aromatic carbocycles. The van der Waals surface area contributed by atoms with E-state index in [2.05, 4.69) is 5.32 Å². The predicted octanol–water partition coefficient (Wildman–Crippen LogP) is 4.91. The van der Waals surface area contributed by atoms with E-state index in [9.17, 15) is 9.59 Å². The minimum Gasteiger partial charge on any atom is -0.352 e. The van der Waals surface area contributed by atoms with Gasteiger partial charge in [0.15, 0.2) is 0 Å². The van der Waals surface area contributed by atoms with Crippen LogP contribution in [0.3, 0.4) is 0 Å². The van der Waals surface area contributed by atoms with Crippen molar-refractivity contribution in [3.05, 3.63) is 70.2 Å². The monoisotopic (exact) mass is 414 g/mol. The molecule has 4 nitrogen and oxygen atoms in total. The fraction of sp³-hybridized carbons (Fsp3) is 0.417. The molecule has 0 saturated heterocycles. The summed E-state index contributed by atoms with van der Waals surface area (Å²) in [4.78, 5) is 27.8. The first kappa shape index (κ1) is 23.0. The Morgan fingerprint density at radius 1 is 0.966 bits per heavy atom. The van der Waals surface area contributed by atoms with Crippen molar-refractivity contribution in [3.8, 4) is 0 Å². The molecule has 29 heavy (non-hydrogen) atoms. The summed E-state index contributed by atoms with van der Waals surface area (Å²) in [6.45, 7) is 8.33. The smallest absolute Gasteiger partial charge is 0.243 e. The molecule has 156 valence electrons. The van der Waals surface area contributed by atoms with Gasteiger partial charge in [0.2, 0.25) is 11.8 Å². The number of rotatable bonds is 9. The highest BCUT2D eigenvalue weighted by atomic mass is 35.5. The third kappa shape index (κ3) is 6.90. The molecule has 0 aliphatic heterocycles. The molecule has 0 saturated carbocycles. The quantitative estimate of drug-likeness (QED) is 0.633. The van der Waals surface area contributed by atoms with Crippen LogP contribution in [-0.4, -0.2) is 28.8 Å². The Hall–Kier alpha value is -2.33. The molecule has 2 amide bonds. The van der Waals surface area contributed by atoms with Crippen molar-refractivity contribution in [1.29, 1.82) is 0 Å². The molecule has 0 bridgehead atoms. The van der Waals surface area contributed by atoms with E-state index in [1.165, 1.54) is 0 Å². The third-order valence-electron chi connectivity index (χ3n) is 5.13. The number of carbonyl (C=O) groups is 2. The van der Waals surface area contributed by atoms with Crippen LogP contribution in [0.1, 0.15) is 50.3 Å². The minimum atomic E-state index is -0.516. The van der Waals surface area contributed by atoms with Crippen LogP contribution in [-0.2, 0) is 22.6 Å². The third-order valence-corrected chi connectivity index (χ3v) is 5.38. The topological polar surface area (TPSA) is 49.4 Å². The lowest BCUT2D eigenvalue weighted by atomic mass is 10.1. The molecule has 0 heterocycles. The first-order chi connectivity index (χ1) is 13.8. The molecule has 2 atom stereocenters. The van der Waals surface area contributed by atoms with Crippen LogP contribution in [0.2, 0.25) is 5.02 Å². The Morgan fingerprint density at radius 2 is 1.55 bits per heavy atom. The van der Waals surface area contributed by atoms with Crippen LogP contribution >= 0.6 is 11.6 Å². The minimum absolute atomic E-state index is 0.0602. The zero-order chi connectivity index (χ0) is 21.4. The molecule has 0 spiro atoms. The fourth-order valence-corrected chi connectivity index (χ4v) is 3.26. The summed E-state index contributed by atoms with van der Waals surface area (Å²) in [6.07, 6.45) is 1.66. The molecule has 0 aromatic heterocycles. The average molecular weight is 415 g/mol. The molecule has 0 unspecified atom stereocenters. The van der Waals surface area contributed by atoms with Crippen LogP contribution in [0.4, 0.5) is 0 Å². The highest BCUT2D eigenvalue weighted by Crippen LogP contribution is 2.17. The molecule has 2 rings (SSSR count). The van der Waals surface area contributed by atoms with Gasteiger partial charge in [-0.2, -0.15) is 0 Å². The lowest BCUT2D eigenvalue weighted by molar-refractivity contribution is -0.141. The van der Waals surface area contributed by atoms with Gasteiger partial charge in [0.1, 0.15) is 6.04 Å². The standard InChI is InChI=1S/C24H31ClN2O2/c1-5-18(4)26-24(29)22(6-2)27(16-20-11-13-21(25)14-12-20)23(28)15-19-9-7-17(3)8-10-19/h7-14,18,22H,5-6,15-16H2,1-4H3,(H,26,29)/t18-,22-/m1/s1. The highest BCUT2D eigenvalue weighted by Gasteiger charge is 2.29. The van der Waals surface area contributed by atoms with Crippen LogP contribution in [0.15, 0.2) is 48.5 Å². The second kappa shape index (κ2) is 11.0. The zero-order valence-electron chi connectivity index (χ0n) is 17.7. The maximum absolute atomic E-state index is 13.2. The molecule has 2 aromatic rings. The van der Waals surface area contributed by atoms with E-state index in [0.717, 1.165) is 23.1 Å². The van der Waals surface area contributed by atoms with Gasteiger partial charge in [0.25, 0.3) is 0 Å². The van der Waals surface area contributed by atoms with Crippen molar-refractivity contribution in [1.82, 2.24) is 10.2 Å². The van der Waals surface area contributed by atoms with E-state index in [1.807, 2.05) is 64.1 Å². The van der Waals surface area contributed by atoms with Crippen LogP contribution < -0.4 is 5.32 Å². The second-order valence-corrected chi connectivity index (χ2v) is 7.99. The van der Waals surface area contributed by atoms with Crippen LogP contribution in [0.25, 0.3) is 0 Å². The van der Waals surface area contributed by atoms with Crippen molar-refractivity contribution >= 4 is 23.4 Å². The number of nitrogens with zero attached hydrogens (tertiary/aromatic N) is 1. The number of halogens is 1. The summed E-state index contributed by atoms with van der Waals surface area (Å²) in [5.74, 6) is -0.164. The summed E-state index contributed by atoms with van der Waals surface area (Å²) in [5, 5.41) is 3.67. The summed E-state index contributed by atoms with van der Waals surface area (Å²) in [5.41, 5.74) is 3.04. The van der Waals surface area contributed by atoms with Gasteiger partial charge in [-0.25, -0.2) is 0 Å². The number of aryl methyl sites for hydroxylation is 1. The van der Waals surface area contributed by atoms with Gasteiger partial charge in [-0.05, 0) is 49.9 Å². The first-order valence-corrected chi connectivity index (χ1v) is 10.6. The Kier molecular flexibility index (Phi) is 8.71. The van der Waals surface area contributed by atoms with Crippen molar-refractivity contribution in [3.63, 3.8) is 0 Å². The van der Waals surface area contributed by atoms with Gasteiger partial charge in [-0.3, -0.25) is 9.59 Å². The average Bonchev–Trinajstić information content (AvgIpc) is 2.70. The van der Waals surface area contributed by atoms with Crippen LogP contribution in [0.5, 0.6) is 0 Å². The maximum atomic E-state index is 13.2. The van der Waals surface area contributed by atoms with Gasteiger partial charge in [0.05, 0.1) is 6.42 Å².